The number of nitrogens with zero attached hydrogens (tertiary/aromatic N) is 1. The second kappa shape index (κ2) is 6.96. The minimum Gasteiger partial charge on any atom is -0.235 e. The van der Waals surface area contributed by atoms with Gasteiger partial charge in [0, 0.05) is 10.9 Å². The van der Waals surface area contributed by atoms with Crippen LogP contribution in [-0.2, 0) is 9.84 Å². The molecule has 0 aliphatic rings. The third-order valence-electron chi connectivity index (χ3n) is 4.31. The third kappa shape index (κ3) is 3.15. The Balaban J connectivity index is 2.13. The maximum Gasteiger partial charge on any atom is 0.210 e. The summed E-state index contributed by atoms with van der Waals surface area (Å²) in [4.78, 5) is 3.73. The van der Waals surface area contributed by atoms with Crippen molar-refractivity contribution in [2.45, 2.75) is 9.79 Å². The number of benzene rings is 3. The van der Waals surface area contributed by atoms with Crippen molar-refractivity contribution < 1.29 is 17.2 Å². The maximum absolute atomic E-state index is 13.7. The largest absolute Gasteiger partial charge is 0.235 e. The Morgan fingerprint density at radius 1 is 0.821 bits per heavy atom. The smallest absolute Gasteiger partial charge is 0.210 e. The Bertz CT molecular complexity index is 1310. The molecule has 0 spiro atoms. The molecule has 0 unspecified atom stereocenters. The van der Waals surface area contributed by atoms with Crippen molar-refractivity contribution in [2.75, 3.05) is 0 Å². The normalized spacial score (nSPS) is 11.7. The van der Waals surface area contributed by atoms with E-state index >= 15 is 0 Å². The molecule has 1 heterocycles. The summed E-state index contributed by atoms with van der Waals surface area (Å²) in [7, 11) is -4.20. The summed E-state index contributed by atoms with van der Waals surface area (Å²) in [5.74, 6) is -1.14. The first-order valence-electron chi connectivity index (χ1n) is 8.23. The van der Waals surface area contributed by atoms with Crippen LogP contribution in [0.5, 0.6) is 0 Å². The lowest BCUT2D eigenvalue weighted by atomic mass is 10.0. The number of sulfone groups is 1. The summed E-state index contributed by atoms with van der Waals surface area (Å²) in [5, 5.41) is 0.302. The van der Waals surface area contributed by atoms with Crippen molar-refractivity contribution in [3.05, 3.63) is 89.6 Å². The summed E-state index contributed by atoms with van der Waals surface area (Å²) in [6.07, 6.45) is 0. The summed E-state index contributed by atoms with van der Waals surface area (Å²) < 4.78 is 53.8. The number of rotatable bonds is 3. The zero-order valence-electron chi connectivity index (χ0n) is 14.2. The fraction of sp³-hybridized carbons (Fsp3) is 0. The van der Waals surface area contributed by atoms with Crippen molar-refractivity contribution in [2.24, 2.45) is 0 Å². The molecule has 4 aromatic rings. The van der Waals surface area contributed by atoms with Crippen LogP contribution < -0.4 is 0 Å². The van der Waals surface area contributed by atoms with Gasteiger partial charge in [-0.3, -0.25) is 0 Å². The Hall–Kier alpha value is -2.83. The van der Waals surface area contributed by atoms with Gasteiger partial charge >= 0.3 is 0 Å². The average molecular weight is 416 g/mol. The van der Waals surface area contributed by atoms with E-state index in [1.807, 2.05) is 0 Å². The highest BCUT2D eigenvalue weighted by molar-refractivity contribution is 7.91. The highest BCUT2D eigenvalue weighted by Gasteiger charge is 2.28. The molecule has 0 amide bonds. The van der Waals surface area contributed by atoms with Crippen molar-refractivity contribution in [1.82, 2.24) is 4.98 Å². The van der Waals surface area contributed by atoms with Gasteiger partial charge in [-0.25, -0.2) is 22.2 Å². The zero-order chi connectivity index (χ0) is 19.9. The van der Waals surface area contributed by atoms with E-state index in [-0.39, 0.29) is 14.9 Å². The lowest BCUT2D eigenvalue weighted by molar-refractivity contribution is 0.591. The van der Waals surface area contributed by atoms with Crippen LogP contribution in [0.15, 0.2) is 82.6 Å². The number of fused-ring (bicyclic) bond motifs is 1. The Labute approximate surface area is 165 Å². The van der Waals surface area contributed by atoms with Crippen LogP contribution >= 0.6 is 11.6 Å². The first kappa shape index (κ1) is 18.5. The molecule has 140 valence electrons. The third-order valence-corrected chi connectivity index (χ3v) is 6.51. The van der Waals surface area contributed by atoms with Gasteiger partial charge in [0.1, 0.15) is 21.7 Å². The van der Waals surface area contributed by atoms with Crippen LogP contribution in [0.2, 0.25) is 5.15 Å². The summed E-state index contributed by atoms with van der Waals surface area (Å²) in [6, 6.07) is 17.0. The Morgan fingerprint density at radius 3 is 2.25 bits per heavy atom. The lowest BCUT2D eigenvalue weighted by Gasteiger charge is -2.15. The molecule has 0 bridgehead atoms. The molecule has 3 nitrogen and oxygen atoms in total. The predicted octanol–water partition coefficient (Wildman–Crippen LogP) is 5.67. The molecular weight excluding hydrogens is 404 g/mol. The second-order valence-corrected chi connectivity index (χ2v) is 8.34. The van der Waals surface area contributed by atoms with Crippen LogP contribution in [0.4, 0.5) is 8.78 Å². The molecule has 0 aliphatic heterocycles. The highest BCUT2D eigenvalue weighted by Crippen LogP contribution is 2.40. The van der Waals surface area contributed by atoms with E-state index < -0.39 is 21.5 Å². The molecular formula is C21H12ClF2NO2S. The number of pyridine rings is 1. The van der Waals surface area contributed by atoms with Gasteiger partial charge in [-0.15, -0.1) is 0 Å². The lowest BCUT2D eigenvalue weighted by Crippen LogP contribution is -2.07. The monoisotopic (exact) mass is 415 g/mol. The fourth-order valence-electron chi connectivity index (χ4n) is 3.06. The first-order valence-corrected chi connectivity index (χ1v) is 10.1. The van der Waals surface area contributed by atoms with E-state index in [4.69, 9.17) is 11.6 Å². The van der Waals surface area contributed by atoms with E-state index in [0.29, 0.717) is 22.0 Å². The van der Waals surface area contributed by atoms with Gasteiger partial charge in [0.15, 0.2) is 0 Å². The fourth-order valence-corrected chi connectivity index (χ4v) is 5.08. The Kier molecular flexibility index (Phi) is 4.61. The zero-order valence-corrected chi connectivity index (χ0v) is 15.8. The Morgan fingerprint density at radius 2 is 1.54 bits per heavy atom. The van der Waals surface area contributed by atoms with Gasteiger partial charge in [0.05, 0.1) is 10.4 Å². The molecule has 7 heteroatoms. The van der Waals surface area contributed by atoms with Gasteiger partial charge in [0.25, 0.3) is 0 Å². The predicted molar refractivity (Wildman–Crippen MR) is 104 cm³/mol. The van der Waals surface area contributed by atoms with Crippen molar-refractivity contribution in [1.29, 1.82) is 0 Å². The number of aromatic nitrogens is 1. The molecule has 0 atom stereocenters. The van der Waals surface area contributed by atoms with Gasteiger partial charge in [-0.05, 0) is 42.0 Å². The minimum atomic E-state index is -4.20. The van der Waals surface area contributed by atoms with E-state index in [1.165, 1.54) is 36.4 Å². The molecule has 3 aromatic carbocycles. The van der Waals surface area contributed by atoms with E-state index in [2.05, 4.69) is 4.98 Å². The van der Waals surface area contributed by atoms with Crippen LogP contribution in [0.3, 0.4) is 0 Å². The summed E-state index contributed by atoms with van der Waals surface area (Å²) in [6.45, 7) is 0. The second-order valence-electron chi connectivity index (χ2n) is 6.09. The van der Waals surface area contributed by atoms with Crippen LogP contribution in [0, 0.1) is 11.6 Å². The van der Waals surface area contributed by atoms with Gasteiger partial charge < -0.3 is 0 Å². The number of hydrogen-bond acceptors (Lipinski definition) is 3. The maximum atomic E-state index is 13.7. The molecule has 0 N–H and O–H groups in total. The van der Waals surface area contributed by atoms with Crippen molar-refractivity contribution in [3.63, 3.8) is 0 Å². The molecule has 0 aliphatic carbocycles. The number of halogens is 3. The molecule has 0 fully saturated rings. The van der Waals surface area contributed by atoms with Gasteiger partial charge in [-0.1, -0.05) is 48.0 Å². The topological polar surface area (TPSA) is 47.0 Å². The van der Waals surface area contributed by atoms with Gasteiger partial charge in [-0.2, -0.15) is 0 Å². The van der Waals surface area contributed by atoms with Gasteiger partial charge in [0.2, 0.25) is 9.84 Å². The van der Waals surface area contributed by atoms with E-state index in [0.717, 1.165) is 12.1 Å². The average Bonchev–Trinajstić information content (AvgIpc) is 2.67. The summed E-state index contributed by atoms with van der Waals surface area (Å²) >= 11 is 6.31. The number of para-hydroxylation sites is 1. The molecule has 4 rings (SSSR count). The molecule has 0 saturated carbocycles. The number of hydrogen-bond donors (Lipinski definition) is 0. The standard InChI is InChI=1S/C21H12ClF2NO2S/c22-21-20(28(26,27)16-5-3-4-15(24)12-16)19(13-8-10-14(23)11-9-13)17-6-1-2-7-18(17)25-21/h1-12H. The molecule has 0 radical (unpaired) electrons. The van der Waals surface area contributed by atoms with E-state index in [9.17, 15) is 17.2 Å². The van der Waals surface area contributed by atoms with E-state index in [1.54, 1.807) is 24.3 Å². The quantitative estimate of drug-likeness (QED) is 0.405. The molecule has 1 aromatic heterocycles. The minimum absolute atomic E-state index is 0.234. The highest BCUT2D eigenvalue weighted by atomic mass is 35.5. The molecule has 0 saturated heterocycles. The first-order chi connectivity index (χ1) is 13.4. The van der Waals surface area contributed by atoms with Crippen LogP contribution in [0.25, 0.3) is 22.0 Å². The molecule has 28 heavy (non-hydrogen) atoms. The summed E-state index contributed by atoms with van der Waals surface area (Å²) in [5.41, 5.74) is 1.24. The van der Waals surface area contributed by atoms with Crippen LogP contribution in [-0.4, -0.2) is 13.4 Å². The van der Waals surface area contributed by atoms with Crippen molar-refractivity contribution >= 4 is 32.3 Å². The van der Waals surface area contributed by atoms with Crippen LogP contribution in [0.1, 0.15) is 0 Å². The van der Waals surface area contributed by atoms with Crippen molar-refractivity contribution in [3.8, 4) is 11.1 Å². The SMILES string of the molecule is O=S(=O)(c1cccc(F)c1)c1c(Cl)nc2ccccc2c1-c1ccc(F)cc1.